The Morgan fingerprint density at radius 3 is 1.25 bits per heavy atom. The van der Waals surface area contributed by atoms with Gasteiger partial charge in [0, 0.05) is 16.7 Å². The summed E-state index contributed by atoms with van der Waals surface area (Å²) in [6.45, 7) is 0. The van der Waals surface area contributed by atoms with Crippen LogP contribution in [0.5, 0.6) is 0 Å². The van der Waals surface area contributed by atoms with Crippen molar-refractivity contribution in [3.63, 3.8) is 0 Å². The van der Waals surface area contributed by atoms with Gasteiger partial charge < -0.3 is 0 Å². The third-order valence-corrected chi connectivity index (χ3v) is 8.79. The van der Waals surface area contributed by atoms with Gasteiger partial charge in [-0.05, 0) is 62.4 Å². The van der Waals surface area contributed by atoms with Gasteiger partial charge >= 0.3 is 0 Å². The van der Waals surface area contributed by atoms with Gasteiger partial charge in [0.2, 0.25) is 0 Å². The number of nitriles is 1. The van der Waals surface area contributed by atoms with Crippen molar-refractivity contribution in [2.75, 3.05) is 0 Å². The van der Waals surface area contributed by atoms with E-state index in [0.717, 1.165) is 50.3 Å². The normalized spacial score (nSPS) is 10.9. The highest BCUT2D eigenvalue weighted by Gasteiger charge is 2.13. The molecule has 0 aliphatic rings. The van der Waals surface area contributed by atoms with Crippen molar-refractivity contribution in [2.24, 2.45) is 0 Å². The second-order valence-electron chi connectivity index (χ2n) is 11.7. The molecule has 0 bridgehead atoms. The average Bonchev–Trinajstić information content (AvgIpc) is 3.18. The van der Waals surface area contributed by atoms with Gasteiger partial charge in [-0.2, -0.15) is 5.26 Å². The number of hydrogen-bond acceptors (Lipinski definition) is 3. The maximum atomic E-state index is 9.14. The number of aromatic nitrogens is 2. The molecule has 0 aliphatic carbocycles. The van der Waals surface area contributed by atoms with Crippen LogP contribution in [0.15, 0.2) is 176 Å². The minimum absolute atomic E-state index is 0.667. The van der Waals surface area contributed by atoms with Crippen LogP contribution in [0.4, 0.5) is 0 Å². The molecule has 0 spiro atoms. The molecule has 0 N–H and O–H groups in total. The minimum Gasteiger partial charge on any atom is -0.228 e. The Morgan fingerprint density at radius 2 is 0.750 bits per heavy atom. The largest absolute Gasteiger partial charge is 0.228 e. The first-order valence-corrected chi connectivity index (χ1v) is 16.0. The first kappa shape index (κ1) is 28.8. The maximum absolute atomic E-state index is 9.14. The van der Waals surface area contributed by atoms with E-state index in [9.17, 15) is 0 Å². The highest BCUT2D eigenvalue weighted by Crippen LogP contribution is 2.37. The van der Waals surface area contributed by atoms with Crippen molar-refractivity contribution in [3.8, 4) is 73.4 Å². The van der Waals surface area contributed by atoms with Crippen LogP contribution in [0.1, 0.15) is 5.56 Å². The Bertz CT molecular complexity index is 2350. The van der Waals surface area contributed by atoms with Crippen LogP contribution in [0.3, 0.4) is 0 Å². The van der Waals surface area contributed by atoms with E-state index in [-0.39, 0.29) is 0 Å². The average molecular weight is 612 g/mol. The summed E-state index contributed by atoms with van der Waals surface area (Å²) in [6, 6.07) is 62.8. The van der Waals surface area contributed by atoms with Crippen LogP contribution in [0.25, 0.3) is 78.1 Å². The van der Waals surface area contributed by atoms with Crippen LogP contribution in [0, 0.1) is 11.3 Å². The Balaban J connectivity index is 1.14. The minimum atomic E-state index is 0.667. The Morgan fingerprint density at radius 1 is 0.354 bits per heavy atom. The maximum Gasteiger partial charge on any atom is 0.160 e. The lowest BCUT2D eigenvalue weighted by Gasteiger charge is -2.13. The molecule has 8 rings (SSSR count). The van der Waals surface area contributed by atoms with E-state index in [1.54, 1.807) is 0 Å². The van der Waals surface area contributed by atoms with E-state index < -0.39 is 0 Å². The molecule has 1 heterocycles. The first-order valence-electron chi connectivity index (χ1n) is 16.0. The van der Waals surface area contributed by atoms with Crippen LogP contribution >= 0.6 is 0 Å². The number of benzene rings is 7. The predicted molar refractivity (Wildman–Crippen MR) is 197 cm³/mol. The monoisotopic (exact) mass is 611 g/mol. The van der Waals surface area contributed by atoms with E-state index in [1.165, 1.54) is 21.9 Å². The summed E-state index contributed by atoms with van der Waals surface area (Å²) >= 11 is 0. The lowest BCUT2D eigenvalue weighted by atomic mass is 9.91. The van der Waals surface area contributed by atoms with Crippen molar-refractivity contribution in [2.45, 2.75) is 0 Å². The molecule has 0 fully saturated rings. The Kier molecular flexibility index (Phi) is 7.59. The van der Waals surface area contributed by atoms with Crippen molar-refractivity contribution in [1.29, 1.82) is 5.26 Å². The molecule has 0 amide bonds. The third-order valence-electron chi connectivity index (χ3n) is 8.79. The van der Waals surface area contributed by atoms with Crippen molar-refractivity contribution < 1.29 is 0 Å². The lowest BCUT2D eigenvalue weighted by molar-refractivity contribution is 1.18. The molecular formula is C45H29N3. The third kappa shape index (κ3) is 5.64. The zero-order chi connectivity index (χ0) is 32.3. The second-order valence-corrected chi connectivity index (χ2v) is 11.7. The van der Waals surface area contributed by atoms with Crippen LogP contribution in [0.2, 0.25) is 0 Å². The van der Waals surface area contributed by atoms with Gasteiger partial charge in [-0.25, -0.2) is 9.97 Å². The van der Waals surface area contributed by atoms with Crippen LogP contribution < -0.4 is 0 Å². The topological polar surface area (TPSA) is 49.6 Å². The number of nitrogens with zero attached hydrogens (tertiary/aromatic N) is 3. The van der Waals surface area contributed by atoms with Crippen LogP contribution in [-0.2, 0) is 0 Å². The summed E-state index contributed by atoms with van der Waals surface area (Å²) in [4.78, 5) is 9.94. The van der Waals surface area contributed by atoms with E-state index in [2.05, 4.69) is 121 Å². The molecule has 0 saturated carbocycles. The van der Waals surface area contributed by atoms with Gasteiger partial charge in [-0.3, -0.25) is 0 Å². The Hall–Kier alpha value is -6.63. The smallest absolute Gasteiger partial charge is 0.160 e. The lowest BCUT2D eigenvalue weighted by Crippen LogP contribution is -1.95. The number of fused-ring (bicyclic) bond motifs is 1. The van der Waals surface area contributed by atoms with Crippen molar-refractivity contribution >= 4 is 10.8 Å². The molecule has 0 saturated heterocycles. The van der Waals surface area contributed by atoms with E-state index in [4.69, 9.17) is 15.2 Å². The SMILES string of the molecule is N#Cc1ccc(-c2ccc(-c3ccc(-c4ccc(-c5cc(-c6ccccc6)nc(-c6ccccc6)n5)cc4)c4ccccc34)cc2)cc1. The van der Waals surface area contributed by atoms with Crippen molar-refractivity contribution in [3.05, 3.63) is 181 Å². The fourth-order valence-electron chi connectivity index (χ4n) is 6.27. The number of hydrogen-bond donors (Lipinski definition) is 0. The van der Waals surface area contributed by atoms with Gasteiger partial charge in [0.1, 0.15) is 0 Å². The van der Waals surface area contributed by atoms with Crippen LogP contribution in [-0.4, -0.2) is 9.97 Å². The second kappa shape index (κ2) is 12.6. The summed E-state index contributed by atoms with van der Waals surface area (Å²) in [7, 11) is 0. The molecule has 8 aromatic rings. The predicted octanol–water partition coefficient (Wildman–Crippen LogP) is 11.5. The van der Waals surface area contributed by atoms with E-state index in [1.807, 2.05) is 60.7 Å². The highest BCUT2D eigenvalue weighted by molar-refractivity contribution is 6.05. The van der Waals surface area contributed by atoms with Gasteiger partial charge in [-0.1, -0.05) is 158 Å². The van der Waals surface area contributed by atoms with Crippen molar-refractivity contribution in [1.82, 2.24) is 9.97 Å². The molecule has 0 atom stereocenters. The van der Waals surface area contributed by atoms with Gasteiger partial charge in [0.15, 0.2) is 5.82 Å². The first-order chi connectivity index (χ1) is 23.7. The van der Waals surface area contributed by atoms with Gasteiger partial charge in [0.25, 0.3) is 0 Å². The van der Waals surface area contributed by atoms with E-state index >= 15 is 0 Å². The molecular weight excluding hydrogens is 583 g/mol. The summed E-state index contributed by atoms with van der Waals surface area (Å²) < 4.78 is 0. The van der Waals surface area contributed by atoms with E-state index in [0.29, 0.717) is 11.4 Å². The summed E-state index contributed by atoms with van der Waals surface area (Å²) in [5.41, 5.74) is 12.5. The fraction of sp³-hybridized carbons (Fsp3) is 0. The fourth-order valence-corrected chi connectivity index (χ4v) is 6.27. The van der Waals surface area contributed by atoms with Gasteiger partial charge in [-0.15, -0.1) is 0 Å². The molecule has 7 aromatic carbocycles. The standard InChI is InChI=1S/C45H29N3/c46-30-31-15-17-32(18-16-31)33-19-21-34(22-20-33)39-27-28-40(42-14-8-7-13-41(39)42)35-23-25-37(26-24-35)44-29-43(36-9-3-1-4-10-36)47-45(48-44)38-11-5-2-6-12-38/h1-29H. The molecule has 3 nitrogen and oxygen atoms in total. The molecule has 0 aliphatic heterocycles. The number of rotatable bonds is 6. The summed E-state index contributed by atoms with van der Waals surface area (Å²) in [6.07, 6.45) is 0. The quantitative estimate of drug-likeness (QED) is 0.188. The molecule has 0 unspecified atom stereocenters. The molecule has 224 valence electrons. The zero-order valence-corrected chi connectivity index (χ0v) is 26.1. The molecule has 48 heavy (non-hydrogen) atoms. The zero-order valence-electron chi connectivity index (χ0n) is 26.1. The highest BCUT2D eigenvalue weighted by atomic mass is 14.9. The molecule has 0 radical (unpaired) electrons. The summed E-state index contributed by atoms with van der Waals surface area (Å²) in [5, 5.41) is 11.6. The molecule has 3 heteroatoms. The summed E-state index contributed by atoms with van der Waals surface area (Å²) in [5.74, 6) is 0.711. The Labute approximate surface area is 280 Å². The molecule has 1 aromatic heterocycles. The van der Waals surface area contributed by atoms with Gasteiger partial charge in [0.05, 0.1) is 23.0 Å².